The van der Waals surface area contributed by atoms with E-state index in [-0.39, 0.29) is 12.8 Å². The van der Waals surface area contributed by atoms with Gasteiger partial charge in [0.25, 0.3) is 5.19 Å². The Morgan fingerprint density at radius 3 is 2.95 bits per heavy atom. The molecule has 0 saturated carbocycles. The summed E-state index contributed by atoms with van der Waals surface area (Å²) in [4.78, 5) is 15.8. The van der Waals surface area contributed by atoms with E-state index in [9.17, 15) is 4.79 Å². The van der Waals surface area contributed by atoms with Crippen molar-refractivity contribution in [1.82, 2.24) is 34.6 Å². The third-order valence-corrected chi connectivity index (χ3v) is 3.16. The molecule has 3 aromatic rings. The Balaban J connectivity index is 1.89. The van der Waals surface area contributed by atoms with Gasteiger partial charge in [0, 0.05) is 31.8 Å². The zero-order valence-corrected chi connectivity index (χ0v) is 11.5. The van der Waals surface area contributed by atoms with E-state index in [1.165, 1.54) is 18.4 Å². The van der Waals surface area contributed by atoms with Gasteiger partial charge in [-0.3, -0.25) is 4.68 Å². The second-order valence-corrected chi connectivity index (χ2v) is 4.80. The molecule has 10 heteroatoms. The molecule has 0 N–H and O–H groups in total. The molecule has 0 spiro atoms. The molecule has 0 aliphatic rings. The summed E-state index contributed by atoms with van der Waals surface area (Å²) in [6, 6.07) is 0. The maximum absolute atomic E-state index is 11.9. The fourth-order valence-corrected chi connectivity index (χ4v) is 2.08. The molecule has 104 valence electrons. The van der Waals surface area contributed by atoms with Crippen molar-refractivity contribution >= 4 is 11.3 Å². The number of rotatable bonds is 4. The molecule has 0 aromatic carbocycles. The molecule has 0 bridgehead atoms. The van der Waals surface area contributed by atoms with E-state index in [1.54, 1.807) is 23.3 Å². The van der Waals surface area contributed by atoms with E-state index in [4.69, 9.17) is 6.11 Å². The van der Waals surface area contributed by atoms with Gasteiger partial charge in [-0.05, 0) is 10.4 Å². The highest BCUT2D eigenvalue weighted by Crippen LogP contribution is 2.17. The summed E-state index contributed by atoms with van der Waals surface area (Å²) < 4.78 is 16.6. The smallest absolute Gasteiger partial charge is 0.369 e. The van der Waals surface area contributed by atoms with Crippen LogP contribution < -0.4 is 10.4 Å². The maximum Gasteiger partial charge on any atom is 0.369 e. The van der Waals surface area contributed by atoms with Gasteiger partial charge in [-0.1, -0.05) is 11.3 Å². The molecule has 0 aliphatic heterocycles. The molecule has 3 rings (SSSR count). The summed E-state index contributed by atoms with van der Waals surface area (Å²) in [5, 5.41) is 13.6. The zero-order chi connectivity index (χ0) is 15.0. The lowest BCUT2D eigenvalue weighted by molar-refractivity contribution is 0.304. The highest BCUT2D eigenvalue weighted by atomic mass is 32.1. The predicted octanol–water partition coefficient (Wildman–Crippen LogP) is -0.265. The van der Waals surface area contributed by atoms with Crippen LogP contribution in [-0.4, -0.2) is 34.6 Å². The van der Waals surface area contributed by atoms with Crippen molar-refractivity contribution in [3.63, 3.8) is 0 Å². The molecule has 20 heavy (non-hydrogen) atoms. The third-order valence-electron chi connectivity index (χ3n) is 2.52. The SMILES string of the molecule is [3H]c1csc(OCc2cn(C)nc2-n2nnn(C)c2=O)n1. The normalized spacial score (nSPS) is 11.6. The number of hydrogen-bond donors (Lipinski definition) is 0. The van der Waals surface area contributed by atoms with Gasteiger partial charge in [-0.2, -0.15) is 9.78 Å². The summed E-state index contributed by atoms with van der Waals surface area (Å²) in [6.07, 6.45) is 1.89. The first-order valence-corrected chi connectivity index (χ1v) is 6.49. The topological polar surface area (TPSA) is 92.7 Å². The van der Waals surface area contributed by atoms with E-state index in [0.717, 1.165) is 9.36 Å². The lowest BCUT2D eigenvalue weighted by Gasteiger charge is -2.01. The first-order valence-electron chi connectivity index (χ1n) is 6.11. The number of aromatic nitrogens is 7. The monoisotopic (exact) mass is 295 g/mol. The largest absolute Gasteiger partial charge is 0.465 e. The second-order valence-electron chi connectivity index (χ2n) is 3.98. The summed E-state index contributed by atoms with van der Waals surface area (Å²) in [5.74, 6) is 0.359. The summed E-state index contributed by atoms with van der Waals surface area (Å²) in [7, 11) is 3.25. The van der Waals surface area contributed by atoms with Crippen LogP contribution in [0.5, 0.6) is 5.19 Å². The minimum atomic E-state index is -0.391. The Hall–Kier alpha value is -2.49. The van der Waals surface area contributed by atoms with Crippen molar-refractivity contribution in [1.29, 1.82) is 0 Å². The molecular formula is C10H11N7O2S. The fourth-order valence-electron chi connectivity index (χ4n) is 1.64. The van der Waals surface area contributed by atoms with Crippen molar-refractivity contribution in [2.45, 2.75) is 6.61 Å². The van der Waals surface area contributed by atoms with Crippen LogP contribution >= 0.6 is 11.3 Å². The Morgan fingerprint density at radius 2 is 2.30 bits per heavy atom. The van der Waals surface area contributed by atoms with Gasteiger partial charge in [-0.15, -0.1) is 4.68 Å². The van der Waals surface area contributed by atoms with Crippen molar-refractivity contribution in [2.75, 3.05) is 0 Å². The van der Waals surface area contributed by atoms with Crippen LogP contribution in [0.2, 0.25) is 0 Å². The van der Waals surface area contributed by atoms with Crippen LogP contribution in [0, 0.1) is 0 Å². The summed E-state index contributed by atoms with van der Waals surface area (Å²) in [6.45, 7) is 0.166. The second kappa shape index (κ2) is 4.89. The van der Waals surface area contributed by atoms with Crippen molar-refractivity contribution in [3.05, 3.63) is 33.8 Å². The standard InChI is InChI=1S/C10H11N7O2S/c1-15-5-7(6-19-9-11-3-4-20-9)8(12-15)17-10(18)16(2)13-14-17/h3-5H,6H2,1-2H3/i3T. The first kappa shape index (κ1) is 11.3. The lowest BCUT2D eigenvalue weighted by Crippen LogP contribution is -2.23. The summed E-state index contributed by atoms with van der Waals surface area (Å²) >= 11 is 1.24. The molecule has 3 aromatic heterocycles. The van der Waals surface area contributed by atoms with Crippen LogP contribution in [-0.2, 0) is 20.7 Å². The quantitative estimate of drug-likeness (QED) is 0.658. The van der Waals surface area contributed by atoms with E-state index in [1.807, 2.05) is 0 Å². The number of ether oxygens (including phenoxy) is 1. The van der Waals surface area contributed by atoms with E-state index in [2.05, 4.69) is 20.5 Å². The molecule has 0 amide bonds. The number of nitrogens with zero attached hydrogens (tertiary/aromatic N) is 7. The van der Waals surface area contributed by atoms with Gasteiger partial charge in [0.05, 0.1) is 6.93 Å². The minimum Gasteiger partial charge on any atom is -0.465 e. The van der Waals surface area contributed by atoms with Crippen LogP contribution in [0.1, 0.15) is 6.93 Å². The first-order chi connectivity index (χ1) is 10.0. The average Bonchev–Trinajstić information content (AvgIpc) is 3.10. The number of tetrazole rings is 1. The number of thiazole rings is 1. The zero-order valence-electron chi connectivity index (χ0n) is 11.7. The van der Waals surface area contributed by atoms with Crippen LogP contribution in [0.25, 0.3) is 5.82 Å². The van der Waals surface area contributed by atoms with E-state index >= 15 is 0 Å². The molecule has 0 fully saturated rings. The van der Waals surface area contributed by atoms with Crippen molar-refractivity contribution in [2.24, 2.45) is 14.1 Å². The van der Waals surface area contributed by atoms with Crippen molar-refractivity contribution in [3.8, 4) is 11.0 Å². The lowest BCUT2D eigenvalue weighted by atomic mass is 10.3. The molecule has 0 atom stereocenters. The fraction of sp³-hybridized carbons (Fsp3) is 0.300. The third kappa shape index (κ3) is 2.20. The van der Waals surface area contributed by atoms with Gasteiger partial charge < -0.3 is 4.74 Å². The summed E-state index contributed by atoms with van der Waals surface area (Å²) in [5.41, 5.74) is 0.277. The number of aryl methyl sites for hydroxylation is 2. The Kier molecular flexibility index (Phi) is 2.77. The highest BCUT2D eigenvalue weighted by Gasteiger charge is 2.16. The maximum atomic E-state index is 11.9. The molecule has 3 heterocycles. The Morgan fingerprint density at radius 1 is 1.45 bits per heavy atom. The molecule has 0 unspecified atom stereocenters. The molecule has 0 aliphatic carbocycles. The Labute approximate surface area is 118 Å². The van der Waals surface area contributed by atoms with Crippen molar-refractivity contribution < 1.29 is 6.11 Å². The van der Waals surface area contributed by atoms with E-state index in [0.29, 0.717) is 16.6 Å². The van der Waals surface area contributed by atoms with Gasteiger partial charge >= 0.3 is 5.69 Å². The highest BCUT2D eigenvalue weighted by molar-refractivity contribution is 7.11. The van der Waals surface area contributed by atoms with Gasteiger partial charge in [0.1, 0.15) is 6.61 Å². The van der Waals surface area contributed by atoms with Crippen LogP contribution in [0.4, 0.5) is 0 Å². The Bertz CT molecular complexity index is 833. The minimum absolute atomic E-state index is 0.159. The van der Waals surface area contributed by atoms with Crippen LogP contribution in [0.3, 0.4) is 0 Å². The predicted molar refractivity (Wildman–Crippen MR) is 69.8 cm³/mol. The molecule has 0 saturated heterocycles. The molecule has 0 radical (unpaired) electrons. The van der Waals surface area contributed by atoms with E-state index < -0.39 is 5.69 Å². The number of hydrogen-bond acceptors (Lipinski definition) is 7. The van der Waals surface area contributed by atoms with Gasteiger partial charge in [0.15, 0.2) is 5.82 Å². The molecule has 9 nitrogen and oxygen atoms in total. The van der Waals surface area contributed by atoms with Gasteiger partial charge in [0.2, 0.25) is 0 Å². The van der Waals surface area contributed by atoms with Crippen LogP contribution in [0.15, 0.2) is 22.5 Å². The average molecular weight is 295 g/mol. The van der Waals surface area contributed by atoms with Gasteiger partial charge in [-0.25, -0.2) is 9.78 Å². The molecular weight excluding hydrogens is 282 g/mol.